The molecule has 0 saturated carbocycles. The van der Waals surface area contributed by atoms with Crippen molar-refractivity contribution >= 4 is 10.0 Å². The number of nitrogens with one attached hydrogen (secondary N) is 1. The molecule has 5 nitrogen and oxygen atoms in total. The summed E-state index contributed by atoms with van der Waals surface area (Å²) in [6.07, 6.45) is 0.484. The van der Waals surface area contributed by atoms with E-state index in [2.05, 4.69) is 16.6 Å². The average molecular weight is 315 g/mol. The summed E-state index contributed by atoms with van der Waals surface area (Å²) in [5.41, 5.74) is 0.299. The number of hydrogen-bond acceptors (Lipinski definition) is 4. The van der Waals surface area contributed by atoms with Crippen molar-refractivity contribution in [3.63, 3.8) is 0 Å². The maximum absolute atomic E-state index is 13.9. The van der Waals surface area contributed by atoms with Gasteiger partial charge in [0.05, 0.1) is 0 Å². The number of rotatable bonds is 6. The van der Waals surface area contributed by atoms with Gasteiger partial charge in [-0.2, -0.15) is 0 Å². The molecule has 0 aliphatic heterocycles. The zero-order chi connectivity index (χ0) is 15.9. The number of benzene rings is 1. The molecule has 0 aromatic heterocycles. The van der Waals surface area contributed by atoms with E-state index in [1.807, 2.05) is 0 Å². The van der Waals surface area contributed by atoms with Crippen LogP contribution in [0.1, 0.15) is 18.9 Å². The molecule has 0 aliphatic rings. The van der Waals surface area contributed by atoms with Crippen LogP contribution in [0.25, 0.3) is 0 Å². The van der Waals surface area contributed by atoms with Crippen LogP contribution in [0.15, 0.2) is 23.1 Å². The smallest absolute Gasteiger partial charge is 0.243 e. The third-order valence-corrected chi connectivity index (χ3v) is 4.27. The van der Waals surface area contributed by atoms with Gasteiger partial charge in [-0.05, 0) is 31.5 Å². The maximum atomic E-state index is 13.9. The Balaban J connectivity index is 2.93. The second-order valence-corrected chi connectivity index (χ2v) is 6.09. The summed E-state index contributed by atoms with van der Waals surface area (Å²) in [6, 6.07) is 3.20. The molecular weight excluding hydrogens is 297 g/mol. The Hall–Kier alpha value is -1.46. The van der Waals surface area contributed by atoms with Gasteiger partial charge in [-0.3, -0.25) is 0 Å². The normalized spacial score (nSPS) is 12.6. The van der Waals surface area contributed by atoms with Gasteiger partial charge in [0.15, 0.2) is 0 Å². The molecule has 1 atom stereocenters. The molecule has 1 aromatic carbocycles. The molecule has 1 aromatic rings. The summed E-state index contributed by atoms with van der Waals surface area (Å²) in [4.78, 5) is -0.429. The van der Waals surface area contributed by atoms with Gasteiger partial charge in [-0.25, -0.2) is 17.5 Å². The van der Waals surface area contributed by atoms with E-state index in [1.165, 1.54) is 13.2 Å². The quantitative estimate of drug-likeness (QED) is 0.764. The molecule has 7 heteroatoms. The van der Waals surface area contributed by atoms with Crippen molar-refractivity contribution in [1.29, 1.82) is 0 Å². The van der Waals surface area contributed by atoms with E-state index < -0.39 is 20.7 Å². The molecule has 0 fully saturated rings. The Morgan fingerprint density at radius 1 is 1.48 bits per heavy atom. The SMILES string of the molecule is COCCC(C)NS(=O)(=O)c1ccc(C#CCO)cc1F. The molecule has 0 amide bonds. The zero-order valence-electron chi connectivity index (χ0n) is 11.9. The highest BCUT2D eigenvalue weighted by atomic mass is 32.2. The third kappa shape index (κ3) is 5.44. The van der Waals surface area contributed by atoms with Crippen LogP contribution in [0.3, 0.4) is 0 Å². The molecule has 0 radical (unpaired) electrons. The van der Waals surface area contributed by atoms with Gasteiger partial charge >= 0.3 is 0 Å². The number of ether oxygens (including phenoxy) is 1. The Bertz CT molecular complexity index is 634. The van der Waals surface area contributed by atoms with Crippen molar-refractivity contribution in [2.45, 2.75) is 24.3 Å². The molecule has 0 saturated heterocycles. The van der Waals surface area contributed by atoms with Gasteiger partial charge in [-0.15, -0.1) is 0 Å². The number of sulfonamides is 1. The van der Waals surface area contributed by atoms with Crippen LogP contribution in [0, 0.1) is 17.7 Å². The molecule has 2 N–H and O–H groups in total. The summed E-state index contributed by atoms with van der Waals surface area (Å²) in [5.74, 6) is 3.99. The Morgan fingerprint density at radius 3 is 2.76 bits per heavy atom. The summed E-state index contributed by atoms with van der Waals surface area (Å²) in [6.45, 7) is 1.73. The second-order valence-electron chi connectivity index (χ2n) is 4.41. The van der Waals surface area contributed by atoms with E-state index in [0.717, 1.165) is 12.1 Å². The minimum atomic E-state index is -3.94. The van der Waals surface area contributed by atoms with Crippen molar-refractivity contribution in [2.75, 3.05) is 20.3 Å². The monoisotopic (exact) mass is 315 g/mol. The van der Waals surface area contributed by atoms with Gasteiger partial charge in [0, 0.05) is 25.3 Å². The van der Waals surface area contributed by atoms with Crippen molar-refractivity contribution < 1.29 is 22.7 Å². The molecule has 21 heavy (non-hydrogen) atoms. The summed E-state index contributed by atoms with van der Waals surface area (Å²) in [7, 11) is -2.42. The first-order valence-corrected chi connectivity index (χ1v) is 7.79. The minimum Gasteiger partial charge on any atom is -0.385 e. The molecule has 116 valence electrons. The molecule has 0 bridgehead atoms. The van der Waals surface area contributed by atoms with Crippen LogP contribution in [-0.2, 0) is 14.8 Å². The van der Waals surface area contributed by atoms with E-state index in [1.54, 1.807) is 6.92 Å². The number of aliphatic hydroxyl groups excluding tert-OH is 1. The van der Waals surface area contributed by atoms with E-state index >= 15 is 0 Å². The van der Waals surface area contributed by atoms with Gasteiger partial charge in [0.25, 0.3) is 0 Å². The second kappa shape index (κ2) is 8.10. The molecular formula is C14H18FNO4S. The van der Waals surface area contributed by atoms with Crippen LogP contribution in [0.2, 0.25) is 0 Å². The van der Waals surface area contributed by atoms with Crippen molar-refractivity contribution in [3.8, 4) is 11.8 Å². The first kappa shape index (κ1) is 17.6. The number of methoxy groups -OCH3 is 1. The summed E-state index contributed by atoms with van der Waals surface area (Å²) < 4.78 is 45.3. The lowest BCUT2D eigenvalue weighted by Crippen LogP contribution is -2.33. The fraction of sp³-hybridized carbons (Fsp3) is 0.429. The van der Waals surface area contributed by atoms with Crippen LogP contribution < -0.4 is 4.72 Å². The number of hydrogen-bond donors (Lipinski definition) is 2. The third-order valence-electron chi connectivity index (χ3n) is 2.64. The highest BCUT2D eigenvalue weighted by Crippen LogP contribution is 2.16. The van der Waals surface area contributed by atoms with Crippen molar-refractivity contribution in [2.24, 2.45) is 0 Å². The molecule has 1 unspecified atom stereocenters. The van der Waals surface area contributed by atoms with Gasteiger partial charge in [-0.1, -0.05) is 11.8 Å². The fourth-order valence-corrected chi connectivity index (χ4v) is 2.96. The van der Waals surface area contributed by atoms with Crippen molar-refractivity contribution in [3.05, 3.63) is 29.6 Å². The molecule has 1 rings (SSSR count). The first-order chi connectivity index (χ1) is 9.90. The molecule has 0 aliphatic carbocycles. The standard InChI is InChI=1S/C14H18FNO4S/c1-11(7-9-20-2)16-21(18,19)14-6-5-12(4-3-8-17)10-13(14)15/h5-6,10-11,16-17H,7-9H2,1-2H3. The summed E-state index contributed by atoms with van der Waals surface area (Å²) in [5, 5.41) is 8.57. The topological polar surface area (TPSA) is 75.6 Å². The zero-order valence-corrected chi connectivity index (χ0v) is 12.7. The largest absolute Gasteiger partial charge is 0.385 e. The number of aliphatic hydroxyl groups is 1. The van der Waals surface area contributed by atoms with E-state index in [9.17, 15) is 12.8 Å². The lowest BCUT2D eigenvalue weighted by atomic mass is 10.2. The lowest BCUT2D eigenvalue weighted by molar-refractivity contribution is 0.188. The van der Waals surface area contributed by atoms with Gasteiger partial charge < -0.3 is 9.84 Å². The predicted octanol–water partition coefficient (Wildman–Crippen LogP) is 0.873. The molecule has 0 spiro atoms. The predicted molar refractivity (Wildman–Crippen MR) is 76.6 cm³/mol. The van der Waals surface area contributed by atoms with Crippen molar-refractivity contribution in [1.82, 2.24) is 4.72 Å². The van der Waals surface area contributed by atoms with E-state index in [-0.39, 0.29) is 12.6 Å². The maximum Gasteiger partial charge on any atom is 0.243 e. The number of halogens is 1. The van der Waals surface area contributed by atoms with Crippen LogP contribution >= 0.6 is 0 Å². The first-order valence-electron chi connectivity index (χ1n) is 6.31. The Kier molecular flexibility index (Phi) is 6.78. The average Bonchev–Trinajstić information content (AvgIpc) is 2.42. The van der Waals surface area contributed by atoms with Crippen LogP contribution in [-0.4, -0.2) is 39.9 Å². The van der Waals surface area contributed by atoms with Crippen LogP contribution in [0.5, 0.6) is 0 Å². The van der Waals surface area contributed by atoms with Gasteiger partial charge in [0.1, 0.15) is 17.3 Å². The fourth-order valence-electron chi connectivity index (χ4n) is 1.62. The Labute approximate surface area is 124 Å². The minimum absolute atomic E-state index is 0.299. The van der Waals surface area contributed by atoms with Gasteiger partial charge in [0.2, 0.25) is 10.0 Å². The lowest BCUT2D eigenvalue weighted by Gasteiger charge is -2.14. The Morgan fingerprint density at radius 2 is 2.19 bits per heavy atom. The van der Waals surface area contributed by atoms with E-state index in [4.69, 9.17) is 9.84 Å². The van der Waals surface area contributed by atoms with E-state index in [0.29, 0.717) is 18.6 Å². The highest BCUT2D eigenvalue weighted by molar-refractivity contribution is 7.89. The summed E-state index contributed by atoms with van der Waals surface area (Å²) >= 11 is 0. The highest BCUT2D eigenvalue weighted by Gasteiger charge is 2.21. The van der Waals surface area contributed by atoms with Crippen LogP contribution in [0.4, 0.5) is 4.39 Å². The molecule has 0 heterocycles.